The van der Waals surface area contributed by atoms with E-state index in [1.165, 1.54) is 5.17 Å². The molecule has 74 valence electrons. The summed E-state index contributed by atoms with van der Waals surface area (Å²) in [5.74, 6) is 6.00. The van der Waals surface area contributed by atoms with Crippen LogP contribution in [0, 0.1) is 5.92 Å². The predicted octanol–water partition coefficient (Wildman–Crippen LogP) is 0.704. The second-order valence-electron chi connectivity index (χ2n) is 3.51. The summed E-state index contributed by atoms with van der Waals surface area (Å²) in [6.45, 7) is 8.12. The van der Waals surface area contributed by atoms with Crippen LogP contribution in [-0.4, -0.2) is 24.5 Å². The summed E-state index contributed by atoms with van der Waals surface area (Å²) in [6, 6.07) is 0.194. The van der Waals surface area contributed by atoms with Gasteiger partial charge in [0.05, 0.1) is 0 Å². The molecule has 0 rings (SSSR count). The van der Waals surface area contributed by atoms with E-state index < -0.39 is 0 Å². The van der Waals surface area contributed by atoms with Crippen molar-refractivity contribution in [3.63, 3.8) is 0 Å². The van der Waals surface area contributed by atoms with Crippen LogP contribution in [0.1, 0.15) is 27.7 Å². The smallest absolute Gasteiger partial charge is 0.133 e. The van der Waals surface area contributed by atoms with E-state index in [2.05, 4.69) is 19.2 Å². The molecule has 0 heterocycles. The van der Waals surface area contributed by atoms with E-state index in [1.54, 1.807) is 0 Å². The molecule has 0 saturated heterocycles. The van der Waals surface area contributed by atoms with Crippen molar-refractivity contribution in [1.82, 2.24) is 10.5 Å². The number of hydroxylamine groups is 1. The third kappa shape index (κ3) is 4.01. The standard InChI is InChI=1S/C8H21N3O/c1-6(2)8(10-5)12-11(9)7(3)4/h6-8,10H,9H2,1-5H3. The Balaban J connectivity index is 3.85. The molecule has 4 nitrogen and oxygen atoms in total. The Morgan fingerprint density at radius 3 is 2.00 bits per heavy atom. The average Bonchev–Trinajstić information content (AvgIpc) is 1.98. The molecule has 3 N–H and O–H groups in total. The highest BCUT2D eigenvalue weighted by molar-refractivity contribution is 4.56. The van der Waals surface area contributed by atoms with Crippen molar-refractivity contribution in [3.8, 4) is 0 Å². The van der Waals surface area contributed by atoms with Gasteiger partial charge in [-0.05, 0) is 26.8 Å². The van der Waals surface area contributed by atoms with Crippen molar-refractivity contribution in [2.75, 3.05) is 7.05 Å². The van der Waals surface area contributed by atoms with Gasteiger partial charge in [-0.25, -0.2) is 5.84 Å². The molecule has 0 aliphatic carbocycles. The van der Waals surface area contributed by atoms with Crippen LogP contribution in [0.5, 0.6) is 0 Å². The molecular formula is C8H21N3O. The fraction of sp³-hybridized carbons (Fsp3) is 1.00. The maximum Gasteiger partial charge on any atom is 0.133 e. The fourth-order valence-electron chi connectivity index (χ4n) is 0.761. The zero-order valence-corrected chi connectivity index (χ0v) is 8.66. The van der Waals surface area contributed by atoms with Gasteiger partial charge in [0.2, 0.25) is 0 Å². The number of nitrogens with zero attached hydrogens (tertiary/aromatic N) is 1. The molecule has 12 heavy (non-hydrogen) atoms. The predicted molar refractivity (Wildman–Crippen MR) is 49.9 cm³/mol. The topological polar surface area (TPSA) is 50.5 Å². The number of hydrazine groups is 1. The van der Waals surface area contributed by atoms with Gasteiger partial charge >= 0.3 is 0 Å². The summed E-state index contributed by atoms with van der Waals surface area (Å²) in [5, 5.41) is 4.42. The number of nitrogens with one attached hydrogen (secondary N) is 1. The number of nitrogens with two attached hydrogens (primary N) is 1. The molecule has 4 heteroatoms. The van der Waals surface area contributed by atoms with E-state index in [0.29, 0.717) is 5.92 Å². The molecule has 0 bridgehead atoms. The molecule has 0 amide bonds. The SMILES string of the molecule is CNC(ON(N)C(C)C)C(C)C. The van der Waals surface area contributed by atoms with Gasteiger partial charge in [-0.1, -0.05) is 13.8 Å². The molecule has 0 aromatic rings. The third-order valence-corrected chi connectivity index (χ3v) is 1.63. The maximum atomic E-state index is 5.60. The van der Waals surface area contributed by atoms with Gasteiger partial charge in [0, 0.05) is 6.04 Å². The lowest BCUT2D eigenvalue weighted by Crippen LogP contribution is -2.46. The quantitative estimate of drug-likeness (QED) is 0.367. The van der Waals surface area contributed by atoms with Crippen molar-refractivity contribution in [3.05, 3.63) is 0 Å². The van der Waals surface area contributed by atoms with Gasteiger partial charge in [-0.2, -0.15) is 0 Å². The Morgan fingerprint density at radius 1 is 1.25 bits per heavy atom. The Bertz CT molecular complexity index is 117. The first-order valence-electron chi connectivity index (χ1n) is 4.37. The molecule has 0 aromatic heterocycles. The Morgan fingerprint density at radius 2 is 1.75 bits per heavy atom. The van der Waals surface area contributed by atoms with E-state index in [9.17, 15) is 0 Å². The van der Waals surface area contributed by atoms with Gasteiger partial charge < -0.3 is 0 Å². The second-order valence-corrected chi connectivity index (χ2v) is 3.51. The van der Waals surface area contributed by atoms with Gasteiger partial charge in [0.1, 0.15) is 6.23 Å². The number of hydrogen-bond acceptors (Lipinski definition) is 4. The third-order valence-electron chi connectivity index (χ3n) is 1.63. The highest BCUT2D eigenvalue weighted by atomic mass is 16.7. The van der Waals surface area contributed by atoms with Crippen LogP contribution in [0.2, 0.25) is 0 Å². The fourth-order valence-corrected chi connectivity index (χ4v) is 0.761. The molecule has 0 radical (unpaired) electrons. The van der Waals surface area contributed by atoms with Crippen molar-refractivity contribution < 1.29 is 4.84 Å². The van der Waals surface area contributed by atoms with Crippen LogP contribution < -0.4 is 11.2 Å². The minimum Gasteiger partial charge on any atom is -0.293 e. The van der Waals surface area contributed by atoms with E-state index in [1.807, 2.05) is 20.9 Å². The summed E-state index contributed by atoms with van der Waals surface area (Å²) >= 11 is 0. The molecule has 1 atom stereocenters. The highest BCUT2D eigenvalue weighted by Crippen LogP contribution is 2.04. The molecule has 0 fully saturated rings. The van der Waals surface area contributed by atoms with Gasteiger partial charge in [-0.3, -0.25) is 10.2 Å². The van der Waals surface area contributed by atoms with Crippen molar-refractivity contribution >= 4 is 0 Å². The molecule has 0 saturated carbocycles. The van der Waals surface area contributed by atoms with Crippen molar-refractivity contribution in [2.45, 2.75) is 40.0 Å². The zero-order valence-electron chi connectivity index (χ0n) is 8.66. The van der Waals surface area contributed by atoms with Gasteiger partial charge in [0.15, 0.2) is 0 Å². The molecule has 0 spiro atoms. The summed E-state index contributed by atoms with van der Waals surface area (Å²) in [7, 11) is 1.86. The van der Waals surface area contributed by atoms with Crippen molar-refractivity contribution in [2.24, 2.45) is 11.8 Å². The first kappa shape index (κ1) is 11.8. The minimum absolute atomic E-state index is 0.0163. The second kappa shape index (κ2) is 5.48. The molecular weight excluding hydrogens is 154 g/mol. The highest BCUT2D eigenvalue weighted by Gasteiger charge is 2.15. The number of rotatable bonds is 5. The monoisotopic (exact) mass is 175 g/mol. The Kier molecular flexibility index (Phi) is 5.41. The van der Waals surface area contributed by atoms with Crippen LogP contribution in [-0.2, 0) is 4.84 Å². The summed E-state index contributed by atoms with van der Waals surface area (Å²) in [5.41, 5.74) is 0. The lowest BCUT2D eigenvalue weighted by molar-refractivity contribution is -0.236. The van der Waals surface area contributed by atoms with Crippen LogP contribution in [0.4, 0.5) is 0 Å². The van der Waals surface area contributed by atoms with E-state index >= 15 is 0 Å². The lowest BCUT2D eigenvalue weighted by atomic mass is 10.2. The van der Waals surface area contributed by atoms with Gasteiger partial charge in [-0.15, -0.1) is 5.17 Å². The van der Waals surface area contributed by atoms with Crippen LogP contribution >= 0.6 is 0 Å². The summed E-state index contributed by atoms with van der Waals surface area (Å²) in [4.78, 5) is 5.42. The Labute approximate surface area is 75.0 Å². The lowest BCUT2D eigenvalue weighted by Gasteiger charge is -2.28. The molecule has 0 aromatic carbocycles. The number of hydrogen-bond donors (Lipinski definition) is 2. The molecule has 0 aliphatic heterocycles. The van der Waals surface area contributed by atoms with Crippen LogP contribution in [0.15, 0.2) is 0 Å². The Hall–Kier alpha value is -0.160. The summed E-state index contributed by atoms with van der Waals surface area (Å²) < 4.78 is 0. The van der Waals surface area contributed by atoms with Crippen LogP contribution in [0.3, 0.4) is 0 Å². The normalized spacial score (nSPS) is 14.8. The minimum atomic E-state index is -0.0163. The van der Waals surface area contributed by atoms with Crippen LogP contribution in [0.25, 0.3) is 0 Å². The molecule has 1 unspecified atom stereocenters. The van der Waals surface area contributed by atoms with Crippen molar-refractivity contribution in [1.29, 1.82) is 0 Å². The average molecular weight is 175 g/mol. The summed E-state index contributed by atoms with van der Waals surface area (Å²) in [6.07, 6.45) is -0.0163. The van der Waals surface area contributed by atoms with E-state index in [-0.39, 0.29) is 12.3 Å². The van der Waals surface area contributed by atoms with Gasteiger partial charge in [0.25, 0.3) is 0 Å². The van der Waals surface area contributed by atoms with E-state index in [0.717, 1.165) is 0 Å². The first-order valence-corrected chi connectivity index (χ1v) is 4.37. The molecule has 0 aliphatic rings. The first-order chi connectivity index (χ1) is 5.49. The zero-order chi connectivity index (χ0) is 9.72. The maximum absolute atomic E-state index is 5.60. The largest absolute Gasteiger partial charge is 0.293 e. The van der Waals surface area contributed by atoms with E-state index in [4.69, 9.17) is 10.7 Å².